The van der Waals surface area contributed by atoms with Gasteiger partial charge in [-0.1, -0.05) is 163 Å². The molecule has 1 aromatic heterocycles. The third-order valence-electron chi connectivity index (χ3n) is 8.57. The fraction of sp³-hybridized carbons (Fsp3) is 0. The van der Waals surface area contributed by atoms with Gasteiger partial charge in [0.2, 0.25) is 0 Å². The van der Waals surface area contributed by atoms with Crippen LogP contribution in [-0.2, 0) is 0 Å². The van der Waals surface area contributed by atoms with Crippen molar-refractivity contribution in [2.75, 3.05) is 0 Å². The lowest BCUT2D eigenvalue weighted by Gasteiger charge is -2.18. The highest BCUT2D eigenvalue weighted by Gasteiger charge is 2.20. The Morgan fingerprint density at radius 3 is 1.59 bits per heavy atom. The van der Waals surface area contributed by atoms with Crippen molar-refractivity contribution >= 4 is 75.8 Å². The first-order valence-corrected chi connectivity index (χ1v) is 15.2. The van der Waals surface area contributed by atoms with Crippen molar-refractivity contribution in [3.63, 3.8) is 0 Å². The van der Waals surface area contributed by atoms with Gasteiger partial charge in [0.1, 0.15) is 11.2 Å². The Balaban J connectivity index is 1.39. The number of rotatable bonds is 3. The molecule has 0 N–H and O–H groups in total. The van der Waals surface area contributed by atoms with Gasteiger partial charge >= 0.3 is 0 Å². The van der Waals surface area contributed by atoms with Crippen LogP contribution in [-0.4, -0.2) is 0 Å². The first-order valence-electron chi connectivity index (χ1n) is 30.2. The van der Waals surface area contributed by atoms with E-state index in [0.717, 1.165) is 0 Å². The molecule has 236 valence electrons. The maximum Gasteiger partial charge on any atom is 0.136 e. The molecule has 0 bridgehead atoms. The summed E-state index contributed by atoms with van der Waals surface area (Å²) in [5.41, 5.74) is -6.08. The quantitative estimate of drug-likeness (QED) is 0.134. The fourth-order valence-electron chi connectivity index (χ4n) is 6.42. The molecule has 0 atom stereocenters. The molecular formula is C50H30O. The first kappa shape index (κ1) is 11.7. The number of hydrogen-bond acceptors (Lipinski definition) is 1. The van der Waals surface area contributed by atoms with Crippen molar-refractivity contribution in [2.45, 2.75) is 0 Å². The molecule has 10 aromatic carbocycles. The van der Waals surface area contributed by atoms with E-state index in [1.807, 2.05) is 0 Å². The van der Waals surface area contributed by atoms with Crippen LogP contribution in [0.4, 0.5) is 0 Å². The van der Waals surface area contributed by atoms with Crippen LogP contribution in [0.2, 0.25) is 0 Å². The summed E-state index contributed by atoms with van der Waals surface area (Å²) in [5.74, 6) is 0. The lowest BCUT2D eigenvalue weighted by Crippen LogP contribution is -1.91. The van der Waals surface area contributed by atoms with Gasteiger partial charge in [-0.3, -0.25) is 0 Å². The number of furan rings is 1. The van der Waals surface area contributed by atoms with Crippen molar-refractivity contribution in [3.8, 4) is 33.4 Å². The number of fused-ring (bicyclic) bond motifs is 9. The maximum atomic E-state index is 9.73. The van der Waals surface area contributed by atoms with Crippen LogP contribution in [0.15, 0.2) is 186 Å². The summed E-state index contributed by atoms with van der Waals surface area (Å²) in [6, 6.07) is -28.1. The number of benzene rings is 10. The molecule has 0 unspecified atom stereocenters. The van der Waals surface area contributed by atoms with Gasteiger partial charge in [0, 0.05) is 10.8 Å². The van der Waals surface area contributed by atoms with E-state index in [9.17, 15) is 16.4 Å². The minimum atomic E-state index is -1.15. The van der Waals surface area contributed by atoms with Gasteiger partial charge in [-0.15, -0.1) is 0 Å². The minimum Gasteiger partial charge on any atom is -0.456 e. The van der Waals surface area contributed by atoms with E-state index in [1.54, 1.807) is 0 Å². The van der Waals surface area contributed by atoms with Gasteiger partial charge in [0.15, 0.2) is 0 Å². The molecular weight excluding hydrogens is 617 g/mol. The zero-order valence-electron chi connectivity index (χ0n) is 55.4. The summed E-state index contributed by atoms with van der Waals surface area (Å²) in [6.45, 7) is 0. The molecule has 11 aromatic rings. The van der Waals surface area contributed by atoms with E-state index in [2.05, 4.69) is 0 Å². The third kappa shape index (κ3) is 4.22. The van der Waals surface area contributed by atoms with E-state index in [0.29, 0.717) is 0 Å². The monoisotopic (exact) mass is 676 g/mol. The van der Waals surface area contributed by atoms with Crippen LogP contribution < -0.4 is 0 Å². The second kappa shape index (κ2) is 10.9. The highest BCUT2D eigenvalue weighted by atomic mass is 16.3. The molecule has 0 saturated heterocycles. The molecule has 0 aliphatic carbocycles. The van der Waals surface area contributed by atoms with E-state index in [4.69, 9.17) is 29.1 Å². The zero-order valence-corrected chi connectivity index (χ0v) is 25.4. The van der Waals surface area contributed by atoms with Gasteiger partial charge in [0.25, 0.3) is 0 Å². The minimum absolute atomic E-state index is 0.497. The van der Waals surface area contributed by atoms with Crippen LogP contribution >= 0.6 is 0 Å². The third-order valence-corrected chi connectivity index (χ3v) is 8.57. The summed E-state index contributed by atoms with van der Waals surface area (Å²) in [6.07, 6.45) is 0. The van der Waals surface area contributed by atoms with Crippen molar-refractivity contribution < 1.29 is 45.5 Å². The molecule has 0 aliphatic rings. The van der Waals surface area contributed by atoms with Crippen molar-refractivity contribution in [1.82, 2.24) is 0 Å². The Bertz CT molecular complexity index is 4820. The van der Waals surface area contributed by atoms with E-state index < -0.39 is 290 Å². The normalized spacial score (nSPS) is 20.2. The summed E-state index contributed by atoms with van der Waals surface area (Å²) in [7, 11) is 0. The lowest BCUT2D eigenvalue weighted by molar-refractivity contribution is 0.669. The standard InChI is InChI=1S/C50H30O/c1-2-13-35-30-47-45(29-34(35)12-1)50-44(21-10-22-46(50)51-47)49-42-17-7-5-15-40(42)48(41-16-6-8-18-43(41)49)33-25-23-32(24-26-33)37-19-9-20-38-36-14-4-3-11-31(36)27-28-39(37)38/h1-30H/i1D,2D,3D,4D,5D,6D,7D,8D,9D,10D,11D,12D,13D,14D,15D,16D,17D,18D,19D,20D,21D,22D,23D,24D,25D,26D,27D,28D,29D,30D. The summed E-state index contributed by atoms with van der Waals surface area (Å²) < 4.78 is 279. The van der Waals surface area contributed by atoms with Crippen LogP contribution in [0.1, 0.15) is 41.1 Å². The molecule has 0 amide bonds. The molecule has 0 aliphatic heterocycles. The van der Waals surface area contributed by atoms with Crippen molar-refractivity contribution in [2.24, 2.45) is 0 Å². The molecule has 0 saturated carbocycles. The summed E-state index contributed by atoms with van der Waals surface area (Å²) in [5, 5.41) is -7.52. The van der Waals surface area contributed by atoms with Crippen LogP contribution in [0.25, 0.3) is 109 Å². The first-order chi connectivity index (χ1) is 37.8. The molecule has 0 radical (unpaired) electrons. The summed E-state index contributed by atoms with van der Waals surface area (Å²) in [4.78, 5) is 0. The molecule has 1 heterocycles. The fourth-order valence-corrected chi connectivity index (χ4v) is 6.42. The topological polar surface area (TPSA) is 13.1 Å². The van der Waals surface area contributed by atoms with E-state index in [-0.39, 0.29) is 0 Å². The highest BCUT2D eigenvalue weighted by molar-refractivity contribution is 6.26. The molecule has 0 spiro atoms. The van der Waals surface area contributed by atoms with Crippen LogP contribution in [0, 0.1) is 0 Å². The summed E-state index contributed by atoms with van der Waals surface area (Å²) >= 11 is 0. The average Bonchev–Trinajstić information content (AvgIpc) is 3.89. The van der Waals surface area contributed by atoms with Gasteiger partial charge in [-0.05, 0) is 105 Å². The van der Waals surface area contributed by atoms with Crippen molar-refractivity contribution in [3.05, 3.63) is 181 Å². The van der Waals surface area contributed by atoms with Crippen LogP contribution in [0.3, 0.4) is 0 Å². The highest BCUT2D eigenvalue weighted by Crippen LogP contribution is 2.47. The molecule has 51 heavy (non-hydrogen) atoms. The van der Waals surface area contributed by atoms with Crippen LogP contribution in [0.5, 0.6) is 0 Å². The SMILES string of the molecule is [2H]c1c([2H])c(-c2c([2H])c([2H])c([2H])c3c2c([2H])c([2H])c2c([2H])c([2H])c([2H])c([2H])c23)c([2H])c([2H])c1-c1c2c([2H])c([2H])c([2H])c([2H])c2c(-c2c([2H])c([2H])c([2H])c3oc4c([2H])c5c([2H])c([2H])c([2H])c([2H])c5c([2H])c4c23)c2c([2H])c([2H])c([2H])c([2H])c12. The predicted molar refractivity (Wildman–Crippen MR) is 218 cm³/mol. The smallest absolute Gasteiger partial charge is 0.136 e. The Kier molecular flexibility index (Phi) is 2.50. The molecule has 1 nitrogen and oxygen atoms in total. The van der Waals surface area contributed by atoms with Gasteiger partial charge in [-0.2, -0.15) is 0 Å². The van der Waals surface area contributed by atoms with Gasteiger partial charge < -0.3 is 4.42 Å². The molecule has 11 rings (SSSR count). The largest absolute Gasteiger partial charge is 0.456 e. The Hall–Kier alpha value is -6.70. The van der Waals surface area contributed by atoms with E-state index >= 15 is 0 Å². The molecule has 0 fully saturated rings. The maximum absolute atomic E-state index is 9.73. The predicted octanol–water partition coefficient (Wildman–Crippen LogP) is 14.4. The molecule has 1 heteroatoms. The van der Waals surface area contributed by atoms with Gasteiger partial charge in [0.05, 0.1) is 41.1 Å². The average molecular weight is 677 g/mol. The second-order valence-electron chi connectivity index (χ2n) is 11.3. The second-order valence-corrected chi connectivity index (χ2v) is 11.3. The Labute approximate surface area is 336 Å². The Morgan fingerprint density at radius 1 is 0.314 bits per heavy atom. The van der Waals surface area contributed by atoms with Gasteiger partial charge in [-0.25, -0.2) is 0 Å². The Morgan fingerprint density at radius 2 is 0.863 bits per heavy atom. The number of hydrogen-bond donors (Lipinski definition) is 0. The van der Waals surface area contributed by atoms with E-state index in [1.165, 1.54) is 0 Å². The lowest BCUT2D eigenvalue weighted by atomic mass is 9.84. The van der Waals surface area contributed by atoms with Crippen molar-refractivity contribution in [1.29, 1.82) is 0 Å². The zero-order chi connectivity index (χ0) is 59.6.